The summed E-state index contributed by atoms with van der Waals surface area (Å²) in [4.78, 5) is 21.8. The van der Waals surface area contributed by atoms with Crippen LogP contribution in [-0.4, -0.2) is 38.7 Å². The molecule has 0 bridgehead atoms. The molecule has 8 nitrogen and oxygen atoms in total. The Balaban J connectivity index is 1.48. The van der Waals surface area contributed by atoms with Gasteiger partial charge >= 0.3 is 0 Å². The number of aromatic nitrogens is 4. The molecule has 5 rings (SSSR count). The fraction of sp³-hybridized carbons (Fsp3) is 0.333. The maximum absolute atomic E-state index is 13.1. The van der Waals surface area contributed by atoms with Crippen LogP contribution in [0.4, 0.5) is 11.5 Å². The number of nitrogens with one attached hydrogen (secondary N) is 2. The zero-order valence-corrected chi connectivity index (χ0v) is 20.4. The van der Waals surface area contributed by atoms with Crippen molar-refractivity contribution in [3.63, 3.8) is 0 Å². The number of aryl methyl sites for hydroxylation is 1. The molecule has 0 unspecified atom stereocenters. The lowest BCUT2D eigenvalue weighted by Gasteiger charge is -2.23. The summed E-state index contributed by atoms with van der Waals surface area (Å²) in [7, 11) is 0. The molecule has 180 valence electrons. The van der Waals surface area contributed by atoms with Crippen molar-refractivity contribution in [2.24, 2.45) is 0 Å². The standard InChI is InChI=1S/C27H31N7O/c1-16(2)22-10-9-20(12-17(22)3)32-27(35)19-7-4-6-18(13-19)24-23-25(28)30-15-31-26(23)34(33-24)21-8-5-11-29-14-21/h4,6-7,9-10,12-13,15-16,21,29H,5,8,11,14H2,1-3H3,(H,32,35)(H2,28,30,31)/t21-/m1/s1. The van der Waals surface area contributed by atoms with Gasteiger partial charge in [-0.3, -0.25) is 4.79 Å². The molecule has 3 heterocycles. The monoisotopic (exact) mass is 469 g/mol. The highest BCUT2D eigenvalue weighted by molar-refractivity contribution is 6.06. The molecule has 1 saturated heterocycles. The van der Waals surface area contributed by atoms with E-state index < -0.39 is 0 Å². The number of piperidine rings is 1. The third kappa shape index (κ3) is 4.49. The molecule has 0 radical (unpaired) electrons. The van der Waals surface area contributed by atoms with Gasteiger partial charge in [0, 0.05) is 23.4 Å². The van der Waals surface area contributed by atoms with Gasteiger partial charge in [0.25, 0.3) is 5.91 Å². The van der Waals surface area contributed by atoms with Gasteiger partial charge in [-0.15, -0.1) is 0 Å². The minimum atomic E-state index is -0.173. The van der Waals surface area contributed by atoms with Gasteiger partial charge in [-0.05, 0) is 67.6 Å². The summed E-state index contributed by atoms with van der Waals surface area (Å²) >= 11 is 0. The molecule has 0 saturated carbocycles. The molecule has 1 aliphatic rings. The van der Waals surface area contributed by atoms with Crippen molar-refractivity contribution in [3.05, 3.63) is 65.5 Å². The first-order chi connectivity index (χ1) is 16.9. The third-order valence-corrected chi connectivity index (χ3v) is 6.68. The van der Waals surface area contributed by atoms with Crippen LogP contribution in [-0.2, 0) is 0 Å². The number of nitrogens with zero attached hydrogens (tertiary/aromatic N) is 4. The molecule has 2 aromatic carbocycles. The Morgan fingerprint density at radius 3 is 2.80 bits per heavy atom. The number of hydrogen-bond acceptors (Lipinski definition) is 6. The average Bonchev–Trinajstić information content (AvgIpc) is 3.26. The molecule has 1 fully saturated rings. The second-order valence-electron chi connectivity index (χ2n) is 9.51. The van der Waals surface area contributed by atoms with Crippen molar-refractivity contribution in [2.75, 3.05) is 24.1 Å². The van der Waals surface area contributed by atoms with Crippen LogP contribution in [0, 0.1) is 6.92 Å². The quantitative estimate of drug-likeness (QED) is 0.391. The van der Waals surface area contributed by atoms with Gasteiger partial charge in [-0.1, -0.05) is 32.0 Å². The second kappa shape index (κ2) is 9.46. The topological polar surface area (TPSA) is 111 Å². The fourth-order valence-corrected chi connectivity index (χ4v) is 4.91. The minimum absolute atomic E-state index is 0.173. The third-order valence-electron chi connectivity index (χ3n) is 6.68. The Hall–Kier alpha value is -3.78. The summed E-state index contributed by atoms with van der Waals surface area (Å²) < 4.78 is 1.96. The lowest BCUT2D eigenvalue weighted by Crippen LogP contribution is -2.32. The molecule has 0 spiro atoms. The van der Waals surface area contributed by atoms with Crippen LogP contribution >= 0.6 is 0 Å². The molecule has 0 aliphatic carbocycles. The van der Waals surface area contributed by atoms with Gasteiger partial charge in [-0.2, -0.15) is 5.10 Å². The SMILES string of the molecule is Cc1cc(NC(=O)c2cccc(-c3nn([C@@H]4CCCNC4)c4ncnc(N)c34)c2)ccc1C(C)C. The Bertz CT molecular complexity index is 1390. The van der Waals surface area contributed by atoms with Gasteiger partial charge in [0.2, 0.25) is 0 Å². The van der Waals surface area contributed by atoms with E-state index in [-0.39, 0.29) is 11.9 Å². The Morgan fingerprint density at radius 1 is 1.20 bits per heavy atom. The van der Waals surface area contributed by atoms with Crippen LogP contribution in [0.1, 0.15) is 60.1 Å². The summed E-state index contributed by atoms with van der Waals surface area (Å²) in [5, 5.41) is 12.1. The van der Waals surface area contributed by atoms with Crippen LogP contribution in [0.5, 0.6) is 0 Å². The normalized spacial score (nSPS) is 16.1. The fourth-order valence-electron chi connectivity index (χ4n) is 4.91. The highest BCUT2D eigenvalue weighted by Crippen LogP contribution is 2.33. The van der Waals surface area contributed by atoms with Crippen LogP contribution < -0.4 is 16.4 Å². The Kier molecular flexibility index (Phi) is 6.21. The van der Waals surface area contributed by atoms with Crippen LogP contribution in [0.3, 0.4) is 0 Å². The van der Waals surface area contributed by atoms with E-state index in [1.807, 2.05) is 35.0 Å². The van der Waals surface area contributed by atoms with E-state index in [9.17, 15) is 4.79 Å². The van der Waals surface area contributed by atoms with E-state index in [1.54, 1.807) is 6.07 Å². The lowest BCUT2D eigenvalue weighted by molar-refractivity contribution is 0.102. The second-order valence-corrected chi connectivity index (χ2v) is 9.51. The van der Waals surface area contributed by atoms with E-state index in [2.05, 4.69) is 47.4 Å². The number of benzene rings is 2. The number of anilines is 2. The largest absolute Gasteiger partial charge is 0.383 e. The average molecular weight is 470 g/mol. The summed E-state index contributed by atoms with van der Waals surface area (Å²) in [5.41, 5.74) is 12.3. The van der Waals surface area contributed by atoms with Crippen LogP contribution in [0.25, 0.3) is 22.3 Å². The summed E-state index contributed by atoms with van der Waals surface area (Å²) in [6, 6.07) is 13.7. The van der Waals surface area contributed by atoms with Crippen molar-refractivity contribution in [1.82, 2.24) is 25.1 Å². The summed E-state index contributed by atoms with van der Waals surface area (Å²) in [5.74, 6) is 0.649. The predicted octanol–water partition coefficient (Wildman–Crippen LogP) is 4.68. The van der Waals surface area contributed by atoms with Gasteiger partial charge in [0.1, 0.15) is 17.8 Å². The summed E-state index contributed by atoms with van der Waals surface area (Å²) in [6.07, 6.45) is 3.58. The number of rotatable bonds is 5. The first-order valence-electron chi connectivity index (χ1n) is 12.1. The molecule has 8 heteroatoms. The van der Waals surface area contributed by atoms with Gasteiger partial charge in [0.05, 0.1) is 11.4 Å². The smallest absolute Gasteiger partial charge is 0.255 e. The molecule has 1 atom stereocenters. The van der Waals surface area contributed by atoms with E-state index in [0.717, 1.165) is 53.8 Å². The lowest BCUT2D eigenvalue weighted by atomic mass is 9.97. The molecular weight excluding hydrogens is 438 g/mol. The van der Waals surface area contributed by atoms with Crippen molar-refractivity contribution in [1.29, 1.82) is 0 Å². The highest BCUT2D eigenvalue weighted by atomic mass is 16.1. The van der Waals surface area contributed by atoms with Crippen molar-refractivity contribution in [3.8, 4) is 11.3 Å². The number of fused-ring (bicyclic) bond motifs is 1. The maximum Gasteiger partial charge on any atom is 0.255 e. The molecule has 1 amide bonds. The Morgan fingerprint density at radius 2 is 2.06 bits per heavy atom. The van der Waals surface area contributed by atoms with Crippen LogP contribution in [0.2, 0.25) is 0 Å². The number of nitrogens with two attached hydrogens (primary N) is 1. The molecule has 4 aromatic rings. The number of carbonyl (C=O) groups is 1. The van der Waals surface area contributed by atoms with E-state index >= 15 is 0 Å². The molecular formula is C27H31N7O. The minimum Gasteiger partial charge on any atom is -0.383 e. The number of carbonyl (C=O) groups excluding carboxylic acids is 1. The van der Waals surface area contributed by atoms with Gasteiger partial charge in [-0.25, -0.2) is 14.6 Å². The molecule has 1 aliphatic heterocycles. The van der Waals surface area contributed by atoms with E-state index in [4.69, 9.17) is 10.8 Å². The van der Waals surface area contributed by atoms with Crippen molar-refractivity contribution < 1.29 is 4.79 Å². The van der Waals surface area contributed by atoms with E-state index in [0.29, 0.717) is 23.0 Å². The maximum atomic E-state index is 13.1. The summed E-state index contributed by atoms with van der Waals surface area (Å²) in [6.45, 7) is 8.24. The number of hydrogen-bond donors (Lipinski definition) is 3. The molecule has 2 aromatic heterocycles. The first kappa shape index (κ1) is 23.0. The van der Waals surface area contributed by atoms with Gasteiger partial charge < -0.3 is 16.4 Å². The number of nitrogen functional groups attached to an aromatic ring is 1. The Labute approximate surface area is 205 Å². The van der Waals surface area contributed by atoms with Crippen molar-refractivity contribution >= 4 is 28.4 Å². The number of amides is 1. The highest BCUT2D eigenvalue weighted by Gasteiger charge is 2.24. The van der Waals surface area contributed by atoms with Crippen molar-refractivity contribution in [2.45, 2.75) is 45.6 Å². The predicted molar refractivity (Wildman–Crippen MR) is 140 cm³/mol. The van der Waals surface area contributed by atoms with E-state index in [1.165, 1.54) is 11.9 Å². The first-order valence-corrected chi connectivity index (χ1v) is 12.1. The zero-order valence-electron chi connectivity index (χ0n) is 20.4. The van der Waals surface area contributed by atoms with Crippen LogP contribution in [0.15, 0.2) is 48.8 Å². The van der Waals surface area contributed by atoms with Gasteiger partial charge in [0.15, 0.2) is 5.65 Å². The zero-order chi connectivity index (χ0) is 24.5. The molecule has 4 N–H and O–H groups in total. The molecule has 35 heavy (non-hydrogen) atoms.